The number of benzene rings is 1. The second-order valence-corrected chi connectivity index (χ2v) is 4.96. The van der Waals surface area contributed by atoms with Crippen LogP contribution in [-0.4, -0.2) is 17.0 Å². The Kier molecular flexibility index (Phi) is 3.22. The lowest BCUT2D eigenvalue weighted by molar-refractivity contribution is 0.0306. The molecule has 0 spiro atoms. The molecule has 1 aliphatic rings. The first kappa shape index (κ1) is 12.2. The minimum Gasteiger partial charge on any atom is -0.371 e. The predicted molar refractivity (Wildman–Crippen MR) is 73.3 cm³/mol. The van der Waals surface area contributed by atoms with Crippen LogP contribution >= 0.6 is 0 Å². The van der Waals surface area contributed by atoms with Crippen LogP contribution in [0.3, 0.4) is 0 Å². The van der Waals surface area contributed by atoms with Crippen molar-refractivity contribution in [3.63, 3.8) is 0 Å². The second-order valence-electron chi connectivity index (χ2n) is 4.96. The van der Waals surface area contributed by atoms with Crippen molar-refractivity contribution in [1.82, 2.24) is 4.57 Å². The Balaban J connectivity index is 1.82. The third-order valence-corrected chi connectivity index (χ3v) is 3.63. The van der Waals surface area contributed by atoms with Crippen molar-refractivity contribution in [3.05, 3.63) is 59.4 Å². The molecule has 3 heteroatoms. The fourth-order valence-corrected chi connectivity index (χ4v) is 2.58. The highest BCUT2D eigenvalue weighted by molar-refractivity contribution is 5.93. The molecule has 3 nitrogen and oxygen atoms in total. The third-order valence-electron chi connectivity index (χ3n) is 3.63. The second kappa shape index (κ2) is 5.02. The zero-order valence-electron chi connectivity index (χ0n) is 11.0. The summed E-state index contributed by atoms with van der Waals surface area (Å²) in [6.07, 6.45) is 4.90. The minimum atomic E-state index is 0.0807. The van der Waals surface area contributed by atoms with E-state index in [-0.39, 0.29) is 11.9 Å². The van der Waals surface area contributed by atoms with E-state index in [1.807, 2.05) is 23.0 Å². The van der Waals surface area contributed by atoms with E-state index in [2.05, 4.69) is 24.3 Å². The number of ketones is 1. The average Bonchev–Trinajstić information content (AvgIpc) is 2.88. The summed E-state index contributed by atoms with van der Waals surface area (Å²) in [5.41, 5.74) is 3.40. The molecular formula is C16H17NO2. The molecule has 1 aromatic heterocycles. The Morgan fingerprint density at radius 2 is 2.21 bits per heavy atom. The molecule has 3 rings (SSSR count). The molecule has 1 aromatic carbocycles. The molecule has 0 saturated heterocycles. The summed E-state index contributed by atoms with van der Waals surface area (Å²) in [7, 11) is 0. The highest BCUT2D eigenvalue weighted by Gasteiger charge is 2.20. The lowest BCUT2D eigenvalue weighted by Crippen LogP contribution is -2.20. The van der Waals surface area contributed by atoms with Gasteiger partial charge in [-0.15, -0.1) is 0 Å². The zero-order valence-corrected chi connectivity index (χ0v) is 11.0. The smallest absolute Gasteiger partial charge is 0.161 e. The number of aromatic nitrogens is 1. The summed E-state index contributed by atoms with van der Waals surface area (Å²) in [4.78, 5) is 11.3. The predicted octanol–water partition coefficient (Wildman–Crippen LogP) is 3.00. The van der Waals surface area contributed by atoms with Gasteiger partial charge in [0, 0.05) is 18.0 Å². The molecule has 0 aliphatic carbocycles. The van der Waals surface area contributed by atoms with Gasteiger partial charge in [0.1, 0.15) is 6.10 Å². The van der Waals surface area contributed by atoms with Crippen molar-refractivity contribution >= 4 is 5.78 Å². The van der Waals surface area contributed by atoms with Gasteiger partial charge in [-0.3, -0.25) is 4.79 Å². The maximum atomic E-state index is 11.3. The first-order chi connectivity index (χ1) is 9.24. The van der Waals surface area contributed by atoms with Crippen LogP contribution in [0.25, 0.3) is 0 Å². The molecule has 0 N–H and O–H groups in total. The van der Waals surface area contributed by atoms with Gasteiger partial charge in [-0.1, -0.05) is 24.3 Å². The summed E-state index contributed by atoms with van der Waals surface area (Å²) >= 11 is 0. The van der Waals surface area contributed by atoms with Gasteiger partial charge in [-0.25, -0.2) is 0 Å². The molecule has 1 aliphatic heterocycles. The summed E-state index contributed by atoms with van der Waals surface area (Å²) in [5, 5.41) is 0. The van der Waals surface area contributed by atoms with Gasteiger partial charge in [0.15, 0.2) is 5.78 Å². The van der Waals surface area contributed by atoms with E-state index < -0.39 is 0 Å². The fourth-order valence-electron chi connectivity index (χ4n) is 2.58. The van der Waals surface area contributed by atoms with E-state index >= 15 is 0 Å². The van der Waals surface area contributed by atoms with Gasteiger partial charge in [0.25, 0.3) is 0 Å². The van der Waals surface area contributed by atoms with Crippen molar-refractivity contribution in [2.45, 2.75) is 26.0 Å². The Morgan fingerprint density at radius 3 is 3.00 bits per heavy atom. The summed E-state index contributed by atoms with van der Waals surface area (Å²) < 4.78 is 7.90. The number of carbonyl (C=O) groups excluding carboxylic acids is 1. The molecular weight excluding hydrogens is 238 g/mol. The first-order valence-corrected chi connectivity index (χ1v) is 6.60. The SMILES string of the molecule is CC(=O)c1ccn(CC2OCCc3ccccc32)c1. The molecule has 1 atom stereocenters. The number of nitrogens with zero attached hydrogens (tertiary/aromatic N) is 1. The minimum absolute atomic E-state index is 0.0807. The van der Waals surface area contributed by atoms with Crippen LogP contribution in [-0.2, 0) is 17.7 Å². The van der Waals surface area contributed by atoms with Gasteiger partial charge >= 0.3 is 0 Å². The summed E-state index contributed by atoms with van der Waals surface area (Å²) in [5.74, 6) is 0.101. The largest absolute Gasteiger partial charge is 0.371 e. The molecule has 98 valence electrons. The van der Waals surface area contributed by atoms with Crippen LogP contribution in [0.1, 0.15) is 34.5 Å². The highest BCUT2D eigenvalue weighted by atomic mass is 16.5. The number of rotatable bonds is 3. The van der Waals surface area contributed by atoms with E-state index in [1.165, 1.54) is 11.1 Å². The Bertz CT molecular complexity index is 600. The first-order valence-electron chi connectivity index (χ1n) is 6.60. The topological polar surface area (TPSA) is 31.2 Å². The van der Waals surface area contributed by atoms with Crippen molar-refractivity contribution in [1.29, 1.82) is 0 Å². The molecule has 0 saturated carbocycles. The van der Waals surface area contributed by atoms with Gasteiger partial charge in [-0.05, 0) is 30.5 Å². The van der Waals surface area contributed by atoms with E-state index in [0.29, 0.717) is 0 Å². The van der Waals surface area contributed by atoms with Crippen LogP contribution in [0.2, 0.25) is 0 Å². The fraction of sp³-hybridized carbons (Fsp3) is 0.312. The summed E-state index contributed by atoms with van der Waals surface area (Å²) in [6.45, 7) is 3.11. The van der Waals surface area contributed by atoms with Crippen LogP contribution in [0.5, 0.6) is 0 Å². The van der Waals surface area contributed by atoms with Gasteiger partial charge < -0.3 is 9.30 Å². The standard InChI is InChI=1S/C16H17NO2/c1-12(18)14-6-8-17(10-14)11-16-15-5-3-2-4-13(15)7-9-19-16/h2-6,8,10,16H,7,9,11H2,1H3. The van der Waals surface area contributed by atoms with Crippen LogP contribution in [0.4, 0.5) is 0 Å². The molecule has 2 aromatic rings. The van der Waals surface area contributed by atoms with Gasteiger partial charge in [0.2, 0.25) is 0 Å². The number of hydrogen-bond acceptors (Lipinski definition) is 2. The average molecular weight is 255 g/mol. The number of hydrogen-bond donors (Lipinski definition) is 0. The lowest BCUT2D eigenvalue weighted by Gasteiger charge is -2.26. The molecule has 0 bridgehead atoms. The van der Waals surface area contributed by atoms with E-state index in [9.17, 15) is 4.79 Å². The Labute approximate surface area is 112 Å². The highest BCUT2D eigenvalue weighted by Crippen LogP contribution is 2.28. The third kappa shape index (κ3) is 2.47. The molecule has 0 radical (unpaired) electrons. The van der Waals surface area contributed by atoms with E-state index in [0.717, 1.165) is 25.1 Å². The van der Waals surface area contributed by atoms with Crippen molar-refractivity contribution in [3.8, 4) is 0 Å². The summed E-state index contributed by atoms with van der Waals surface area (Å²) in [6, 6.07) is 10.3. The van der Waals surface area contributed by atoms with Gasteiger partial charge in [-0.2, -0.15) is 0 Å². The number of carbonyl (C=O) groups is 1. The quantitative estimate of drug-likeness (QED) is 0.789. The monoisotopic (exact) mass is 255 g/mol. The Hall–Kier alpha value is -1.87. The van der Waals surface area contributed by atoms with Gasteiger partial charge in [0.05, 0.1) is 13.2 Å². The zero-order chi connectivity index (χ0) is 13.2. The molecule has 19 heavy (non-hydrogen) atoms. The molecule has 0 amide bonds. The van der Waals surface area contributed by atoms with Crippen LogP contribution in [0.15, 0.2) is 42.7 Å². The van der Waals surface area contributed by atoms with Crippen LogP contribution < -0.4 is 0 Å². The molecule has 0 fully saturated rings. The maximum Gasteiger partial charge on any atom is 0.161 e. The lowest BCUT2D eigenvalue weighted by atomic mass is 9.97. The van der Waals surface area contributed by atoms with Crippen LogP contribution in [0, 0.1) is 0 Å². The number of Topliss-reactive ketones (excluding diaryl/α,β-unsaturated/α-hetero) is 1. The van der Waals surface area contributed by atoms with E-state index in [1.54, 1.807) is 6.92 Å². The number of ether oxygens (including phenoxy) is 1. The molecule has 2 heterocycles. The Morgan fingerprint density at radius 1 is 1.37 bits per heavy atom. The van der Waals surface area contributed by atoms with Crippen molar-refractivity contribution in [2.24, 2.45) is 0 Å². The van der Waals surface area contributed by atoms with Crippen molar-refractivity contribution < 1.29 is 9.53 Å². The van der Waals surface area contributed by atoms with E-state index in [4.69, 9.17) is 4.74 Å². The number of fused-ring (bicyclic) bond motifs is 1. The molecule has 1 unspecified atom stereocenters. The normalized spacial score (nSPS) is 18.1. The maximum absolute atomic E-state index is 11.3. The van der Waals surface area contributed by atoms with Crippen molar-refractivity contribution in [2.75, 3.05) is 6.61 Å².